The Morgan fingerprint density at radius 3 is 2.81 bits per heavy atom. The molecule has 21 heavy (non-hydrogen) atoms. The molecule has 0 aliphatic carbocycles. The molecule has 1 unspecified atom stereocenters. The van der Waals surface area contributed by atoms with Crippen LogP contribution in [0.25, 0.3) is 10.6 Å². The van der Waals surface area contributed by atoms with Crippen LogP contribution in [0.15, 0.2) is 29.6 Å². The summed E-state index contributed by atoms with van der Waals surface area (Å²) in [5.74, 6) is -0.239. The number of aromatic nitrogens is 1. The van der Waals surface area contributed by atoms with Gasteiger partial charge >= 0.3 is 6.36 Å². The SMILES string of the molecule is CCNC(C)c1csc(-c2cccc(OC(F)(F)F)c2)n1. The number of benzene rings is 1. The number of thiazole rings is 1. The summed E-state index contributed by atoms with van der Waals surface area (Å²) >= 11 is 1.40. The zero-order valence-electron chi connectivity index (χ0n) is 11.6. The van der Waals surface area contributed by atoms with Gasteiger partial charge in [-0.3, -0.25) is 0 Å². The summed E-state index contributed by atoms with van der Waals surface area (Å²) in [5, 5.41) is 5.81. The molecular formula is C14H15F3N2OS. The van der Waals surface area contributed by atoms with Crippen molar-refractivity contribution in [2.75, 3.05) is 6.54 Å². The summed E-state index contributed by atoms with van der Waals surface area (Å²) in [5.41, 5.74) is 1.48. The van der Waals surface area contributed by atoms with Crippen LogP contribution in [0.1, 0.15) is 25.6 Å². The average Bonchev–Trinajstić information content (AvgIpc) is 2.87. The molecule has 3 nitrogen and oxygen atoms in total. The highest BCUT2D eigenvalue weighted by Gasteiger charge is 2.31. The molecule has 0 saturated heterocycles. The third kappa shape index (κ3) is 4.44. The highest BCUT2D eigenvalue weighted by Crippen LogP contribution is 2.30. The predicted octanol–water partition coefficient (Wildman–Crippen LogP) is 4.38. The van der Waals surface area contributed by atoms with Crippen molar-refractivity contribution in [1.82, 2.24) is 10.3 Å². The smallest absolute Gasteiger partial charge is 0.406 e. The zero-order chi connectivity index (χ0) is 15.5. The lowest BCUT2D eigenvalue weighted by atomic mass is 10.2. The van der Waals surface area contributed by atoms with E-state index in [0.717, 1.165) is 12.2 Å². The summed E-state index contributed by atoms with van der Waals surface area (Å²) in [6.07, 6.45) is -4.69. The Morgan fingerprint density at radius 1 is 1.38 bits per heavy atom. The van der Waals surface area contributed by atoms with Crippen LogP contribution in [-0.2, 0) is 0 Å². The van der Waals surface area contributed by atoms with Gasteiger partial charge in [-0.2, -0.15) is 0 Å². The maximum atomic E-state index is 12.2. The van der Waals surface area contributed by atoms with Gasteiger partial charge in [-0.25, -0.2) is 4.98 Å². The zero-order valence-corrected chi connectivity index (χ0v) is 12.4. The first kappa shape index (κ1) is 15.8. The molecule has 1 atom stereocenters. The van der Waals surface area contributed by atoms with E-state index in [-0.39, 0.29) is 11.8 Å². The van der Waals surface area contributed by atoms with E-state index < -0.39 is 6.36 Å². The lowest BCUT2D eigenvalue weighted by molar-refractivity contribution is -0.274. The average molecular weight is 316 g/mol. The van der Waals surface area contributed by atoms with Gasteiger partial charge in [0, 0.05) is 17.0 Å². The highest BCUT2D eigenvalue weighted by molar-refractivity contribution is 7.13. The van der Waals surface area contributed by atoms with Gasteiger partial charge in [0.05, 0.1) is 5.69 Å². The monoisotopic (exact) mass is 316 g/mol. The first-order valence-corrected chi connectivity index (χ1v) is 7.32. The Morgan fingerprint density at radius 2 is 2.14 bits per heavy atom. The van der Waals surface area contributed by atoms with Crippen LogP contribution in [0.5, 0.6) is 5.75 Å². The number of rotatable bonds is 5. The number of hydrogen-bond donors (Lipinski definition) is 1. The maximum Gasteiger partial charge on any atom is 0.573 e. The van der Waals surface area contributed by atoms with Crippen molar-refractivity contribution in [3.8, 4) is 16.3 Å². The van der Waals surface area contributed by atoms with Crippen LogP contribution in [0.3, 0.4) is 0 Å². The highest BCUT2D eigenvalue weighted by atomic mass is 32.1. The van der Waals surface area contributed by atoms with Gasteiger partial charge < -0.3 is 10.1 Å². The molecule has 0 aliphatic heterocycles. The Kier molecular flexibility index (Phi) is 4.84. The molecule has 0 saturated carbocycles. The summed E-state index contributed by atoms with van der Waals surface area (Å²) in [7, 11) is 0. The van der Waals surface area contributed by atoms with Crippen molar-refractivity contribution >= 4 is 11.3 Å². The van der Waals surface area contributed by atoms with Gasteiger partial charge in [-0.1, -0.05) is 19.1 Å². The van der Waals surface area contributed by atoms with Crippen LogP contribution >= 0.6 is 11.3 Å². The minimum Gasteiger partial charge on any atom is -0.406 e. The quantitative estimate of drug-likeness (QED) is 0.889. The third-order valence-corrected chi connectivity index (χ3v) is 3.70. The molecule has 0 amide bonds. The van der Waals surface area contributed by atoms with Crippen LogP contribution < -0.4 is 10.1 Å². The van der Waals surface area contributed by atoms with Crippen molar-refractivity contribution in [3.63, 3.8) is 0 Å². The molecule has 0 radical (unpaired) electrons. The van der Waals surface area contributed by atoms with Crippen LogP contribution in [-0.4, -0.2) is 17.9 Å². The first-order chi connectivity index (χ1) is 9.89. The van der Waals surface area contributed by atoms with Crippen LogP contribution in [0.4, 0.5) is 13.2 Å². The molecule has 2 rings (SSSR count). The fourth-order valence-electron chi connectivity index (χ4n) is 1.85. The van der Waals surface area contributed by atoms with E-state index in [2.05, 4.69) is 15.0 Å². The van der Waals surface area contributed by atoms with Crippen molar-refractivity contribution in [2.24, 2.45) is 0 Å². The number of nitrogens with one attached hydrogen (secondary N) is 1. The number of nitrogens with zero attached hydrogens (tertiary/aromatic N) is 1. The Hall–Kier alpha value is -1.60. The second kappa shape index (κ2) is 6.44. The van der Waals surface area contributed by atoms with Crippen LogP contribution in [0, 0.1) is 0 Å². The van der Waals surface area contributed by atoms with Gasteiger partial charge in [0.15, 0.2) is 0 Å². The minimum atomic E-state index is -4.69. The standard InChI is InChI=1S/C14H15F3N2OS/c1-3-18-9(2)12-8-21-13(19-12)10-5-4-6-11(7-10)20-14(15,16)17/h4-9,18H,3H2,1-2H3. The van der Waals surface area contributed by atoms with Crippen LogP contribution in [0.2, 0.25) is 0 Å². The molecule has 1 aromatic carbocycles. The lowest BCUT2D eigenvalue weighted by Gasteiger charge is -2.09. The van der Waals surface area contributed by atoms with Crippen molar-refractivity contribution < 1.29 is 17.9 Å². The molecule has 0 aliphatic rings. The van der Waals surface area contributed by atoms with Gasteiger partial charge in [-0.05, 0) is 25.6 Å². The van der Waals surface area contributed by atoms with E-state index in [0.29, 0.717) is 10.6 Å². The molecule has 1 aromatic heterocycles. The second-order valence-corrected chi connectivity index (χ2v) is 5.29. The fourth-order valence-corrected chi connectivity index (χ4v) is 2.76. The van der Waals surface area contributed by atoms with E-state index in [1.54, 1.807) is 6.07 Å². The van der Waals surface area contributed by atoms with Gasteiger partial charge in [0.25, 0.3) is 0 Å². The van der Waals surface area contributed by atoms with Crippen molar-refractivity contribution in [2.45, 2.75) is 26.3 Å². The molecule has 1 N–H and O–H groups in total. The van der Waals surface area contributed by atoms with E-state index in [4.69, 9.17) is 0 Å². The summed E-state index contributed by atoms with van der Waals surface area (Å²) in [6, 6.07) is 5.95. The largest absolute Gasteiger partial charge is 0.573 e. The van der Waals surface area contributed by atoms with E-state index in [1.807, 2.05) is 19.2 Å². The minimum absolute atomic E-state index is 0.106. The first-order valence-electron chi connectivity index (χ1n) is 6.44. The van der Waals surface area contributed by atoms with Crippen molar-refractivity contribution in [1.29, 1.82) is 0 Å². The number of alkyl halides is 3. The van der Waals surface area contributed by atoms with Gasteiger partial charge in [0.2, 0.25) is 0 Å². The molecular weight excluding hydrogens is 301 g/mol. The summed E-state index contributed by atoms with van der Waals surface area (Å²) in [4.78, 5) is 4.46. The third-order valence-electron chi connectivity index (χ3n) is 2.79. The Bertz CT molecular complexity index is 598. The van der Waals surface area contributed by atoms with Crippen molar-refractivity contribution in [3.05, 3.63) is 35.3 Å². The van der Waals surface area contributed by atoms with E-state index in [1.165, 1.54) is 29.5 Å². The fraction of sp³-hybridized carbons (Fsp3) is 0.357. The molecule has 7 heteroatoms. The molecule has 0 bridgehead atoms. The molecule has 0 fully saturated rings. The Labute approximate surface area is 124 Å². The van der Waals surface area contributed by atoms with Gasteiger partial charge in [-0.15, -0.1) is 24.5 Å². The van der Waals surface area contributed by atoms with E-state index in [9.17, 15) is 13.2 Å². The number of ether oxygens (including phenoxy) is 1. The predicted molar refractivity (Wildman–Crippen MR) is 76.3 cm³/mol. The normalized spacial score (nSPS) is 13.2. The van der Waals surface area contributed by atoms with E-state index >= 15 is 0 Å². The molecule has 1 heterocycles. The second-order valence-electron chi connectivity index (χ2n) is 4.43. The van der Waals surface area contributed by atoms with Gasteiger partial charge in [0.1, 0.15) is 10.8 Å². The lowest BCUT2D eigenvalue weighted by Crippen LogP contribution is -2.17. The number of hydrogen-bond acceptors (Lipinski definition) is 4. The maximum absolute atomic E-state index is 12.2. The summed E-state index contributed by atoms with van der Waals surface area (Å²) < 4.78 is 40.6. The molecule has 114 valence electrons. The molecule has 2 aromatic rings. The number of halogens is 3. The molecule has 0 spiro atoms. The topological polar surface area (TPSA) is 34.1 Å². The Balaban J connectivity index is 2.20. The summed E-state index contributed by atoms with van der Waals surface area (Å²) in [6.45, 7) is 4.82.